The van der Waals surface area contributed by atoms with E-state index in [2.05, 4.69) is 44.1 Å². The lowest BCUT2D eigenvalue weighted by molar-refractivity contribution is 1.24. The molecular weight excluding hydrogens is 430 g/mol. The first kappa shape index (κ1) is 18.5. The van der Waals surface area contributed by atoms with Gasteiger partial charge in [-0.25, -0.2) is 0 Å². The molecule has 4 aromatic rings. The van der Waals surface area contributed by atoms with E-state index in [1.54, 1.807) is 18.0 Å². The van der Waals surface area contributed by atoms with Gasteiger partial charge in [0.1, 0.15) is 0 Å². The second kappa shape index (κ2) is 8.47. The molecule has 0 aliphatic heterocycles. The summed E-state index contributed by atoms with van der Waals surface area (Å²) in [7, 11) is 0. The van der Waals surface area contributed by atoms with Gasteiger partial charge in [0.05, 0.1) is 11.6 Å². The number of nitriles is 1. The van der Waals surface area contributed by atoms with Crippen molar-refractivity contribution in [3.63, 3.8) is 0 Å². The van der Waals surface area contributed by atoms with Crippen LogP contribution in [0.5, 0.6) is 0 Å². The Bertz CT molecular complexity index is 1190. The molecule has 136 valence electrons. The molecule has 28 heavy (non-hydrogen) atoms. The largest absolute Gasteiger partial charge is 0.361 e. The molecule has 0 aliphatic rings. The predicted molar refractivity (Wildman–Crippen MR) is 120 cm³/mol. The van der Waals surface area contributed by atoms with Crippen molar-refractivity contribution in [2.45, 2.75) is 10.6 Å². The number of nitrogens with zero attached hydrogens (tertiary/aromatic N) is 2. The maximum atomic E-state index is 9.82. The minimum absolute atomic E-state index is 0.610. The third kappa shape index (κ3) is 4.04. The van der Waals surface area contributed by atoms with Crippen LogP contribution in [0.3, 0.4) is 0 Å². The first-order chi connectivity index (χ1) is 13.7. The van der Waals surface area contributed by atoms with E-state index in [1.807, 2.05) is 60.9 Å². The highest BCUT2D eigenvalue weighted by atomic mass is 79.9. The molecule has 0 saturated carbocycles. The van der Waals surface area contributed by atoms with Crippen LogP contribution in [0.4, 0.5) is 0 Å². The Balaban J connectivity index is 1.69. The van der Waals surface area contributed by atoms with Crippen molar-refractivity contribution < 1.29 is 0 Å². The first-order valence-corrected chi connectivity index (χ1v) is 10.5. The van der Waals surface area contributed by atoms with Crippen molar-refractivity contribution in [2.24, 2.45) is 0 Å². The fourth-order valence-electron chi connectivity index (χ4n) is 3.01. The smallest absolute Gasteiger partial charge is 0.0998 e. The third-order valence-electron chi connectivity index (χ3n) is 4.40. The van der Waals surface area contributed by atoms with E-state index in [1.165, 1.54) is 5.56 Å². The molecule has 0 bridgehead atoms. The van der Waals surface area contributed by atoms with Crippen molar-refractivity contribution in [1.29, 1.82) is 5.26 Å². The summed E-state index contributed by atoms with van der Waals surface area (Å²) >= 11 is 5.26. The Morgan fingerprint density at radius 3 is 2.86 bits per heavy atom. The number of thioether (sulfide) groups is 1. The highest BCUT2D eigenvalue weighted by Crippen LogP contribution is 2.31. The molecule has 0 fully saturated rings. The molecule has 5 heteroatoms. The number of H-pyrrole nitrogens is 1. The van der Waals surface area contributed by atoms with Crippen LogP contribution in [0.1, 0.15) is 16.7 Å². The van der Waals surface area contributed by atoms with Crippen molar-refractivity contribution >= 4 is 50.2 Å². The summed E-state index contributed by atoms with van der Waals surface area (Å²) in [5.41, 5.74) is 4.72. The van der Waals surface area contributed by atoms with Gasteiger partial charge >= 0.3 is 0 Å². The molecule has 3 nitrogen and oxygen atoms in total. The summed E-state index contributed by atoms with van der Waals surface area (Å²) in [4.78, 5) is 8.61. The van der Waals surface area contributed by atoms with Crippen molar-refractivity contribution in [2.75, 3.05) is 0 Å². The number of hydrogen-bond donors (Lipinski definition) is 1. The number of hydrogen-bond acceptors (Lipinski definition) is 3. The highest BCUT2D eigenvalue weighted by Gasteiger charge is 2.11. The maximum absolute atomic E-state index is 9.82. The zero-order valence-electron chi connectivity index (χ0n) is 14.9. The monoisotopic (exact) mass is 445 g/mol. The van der Waals surface area contributed by atoms with E-state index in [0.717, 1.165) is 37.2 Å². The quantitative estimate of drug-likeness (QED) is 0.275. The molecule has 0 spiro atoms. The Hall–Kier alpha value is -2.81. The van der Waals surface area contributed by atoms with Gasteiger partial charge in [-0.05, 0) is 35.9 Å². The standard InChI is InChI=1S/C23H16BrN3S/c24-19-6-7-22-20(11-19)21(14-27-22)17(12-25)10-18-13-26-9-8-23(18)28-15-16-4-2-1-3-5-16/h1-11,13-14,27H,15H2/b17-10-. The molecule has 2 aromatic carbocycles. The van der Waals surface area contributed by atoms with Crippen LogP contribution >= 0.6 is 27.7 Å². The fourth-order valence-corrected chi connectivity index (χ4v) is 4.32. The zero-order valence-corrected chi connectivity index (χ0v) is 17.3. The topological polar surface area (TPSA) is 52.5 Å². The fraction of sp³-hybridized carbons (Fsp3) is 0.0435. The van der Waals surface area contributed by atoms with E-state index in [-0.39, 0.29) is 0 Å². The van der Waals surface area contributed by atoms with Crippen LogP contribution in [-0.2, 0) is 5.75 Å². The third-order valence-corrected chi connectivity index (χ3v) is 6.06. The molecule has 0 saturated heterocycles. The van der Waals surface area contributed by atoms with Crippen LogP contribution < -0.4 is 0 Å². The van der Waals surface area contributed by atoms with Crippen molar-refractivity contribution in [1.82, 2.24) is 9.97 Å². The lowest BCUT2D eigenvalue weighted by atomic mass is 10.0. The number of pyridine rings is 1. The van der Waals surface area contributed by atoms with Crippen LogP contribution in [-0.4, -0.2) is 9.97 Å². The molecule has 2 heterocycles. The second-order valence-corrected chi connectivity index (χ2v) is 8.18. The van der Waals surface area contributed by atoms with Crippen LogP contribution in [0.15, 0.2) is 82.6 Å². The van der Waals surface area contributed by atoms with Gasteiger partial charge in [-0.15, -0.1) is 11.8 Å². The van der Waals surface area contributed by atoms with Gasteiger partial charge < -0.3 is 4.98 Å². The Morgan fingerprint density at radius 1 is 1.18 bits per heavy atom. The number of benzene rings is 2. The molecule has 0 unspecified atom stereocenters. The van der Waals surface area contributed by atoms with Gasteiger partial charge in [0.2, 0.25) is 0 Å². The zero-order chi connectivity index (χ0) is 19.3. The highest BCUT2D eigenvalue weighted by molar-refractivity contribution is 9.10. The summed E-state index contributed by atoms with van der Waals surface area (Å²) in [6, 6.07) is 20.7. The van der Waals surface area contributed by atoms with Crippen molar-refractivity contribution in [3.05, 3.63) is 94.4 Å². The SMILES string of the molecule is N#C/C(=C/c1cnccc1SCc1ccccc1)c1c[nH]c2ccc(Br)cc12. The maximum Gasteiger partial charge on any atom is 0.0998 e. The number of aromatic amines is 1. The van der Waals surface area contributed by atoms with E-state index in [4.69, 9.17) is 0 Å². The Labute approximate surface area is 176 Å². The average Bonchev–Trinajstić information content (AvgIpc) is 3.15. The molecule has 0 atom stereocenters. The van der Waals surface area contributed by atoms with Crippen LogP contribution in [0.25, 0.3) is 22.6 Å². The van der Waals surface area contributed by atoms with Crippen molar-refractivity contribution in [3.8, 4) is 6.07 Å². The van der Waals surface area contributed by atoms with Gasteiger partial charge in [-0.2, -0.15) is 5.26 Å². The molecule has 0 radical (unpaired) electrons. The summed E-state index contributed by atoms with van der Waals surface area (Å²) in [5.74, 6) is 0.869. The molecule has 0 aliphatic carbocycles. The number of halogens is 1. The number of aromatic nitrogens is 2. The average molecular weight is 446 g/mol. The lowest BCUT2D eigenvalue weighted by Crippen LogP contribution is -1.87. The van der Waals surface area contributed by atoms with Gasteiger partial charge in [-0.1, -0.05) is 46.3 Å². The second-order valence-electron chi connectivity index (χ2n) is 6.25. The van der Waals surface area contributed by atoms with Gasteiger partial charge in [0.25, 0.3) is 0 Å². The predicted octanol–water partition coefficient (Wildman–Crippen LogP) is 6.68. The van der Waals surface area contributed by atoms with E-state index < -0.39 is 0 Å². The molecule has 0 amide bonds. The first-order valence-electron chi connectivity index (χ1n) is 8.74. The summed E-state index contributed by atoms with van der Waals surface area (Å²) in [6.45, 7) is 0. The number of nitrogens with one attached hydrogen (secondary N) is 1. The summed E-state index contributed by atoms with van der Waals surface area (Å²) < 4.78 is 0.985. The molecule has 4 rings (SSSR count). The summed E-state index contributed by atoms with van der Waals surface area (Å²) in [5, 5.41) is 10.8. The van der Waals surface area contributed by atoms with Gasteiger partial charge in [-0.3, -0.25) is 4.98 Å². The summed E-state index contributed by atoms with van der Waals surface area (Å²) in [6.07, 6.45) is 7.41. The Morgan fingerprint density at radius 2 is 2.04 bits per heavy atom. The minimum atomic E-state index is 0.610. The van der Waals surface area contributed by atoms with Gasteiger partial charge in [0.15, 0.2) is 0 Å². The molecule has 1 N–H and O–H groups in total. The van der Waals surface area contributed by atoms with Gasteiger partial charge in [0, 0.05) is 55.7 Å². The number of fused-ring (bicyclic) bond motifs is 1. The van der Waals surface area contributed by atoms with Crippen LogP contribution in [0.2, 0.25) is 0 Å². The van der Waals surface area contributed by atoms with E-state index in [9.17, 15) is 5.26 Å². The molecule has 2 aromatic heterocycles. The minimum Gasteiger partial charge on any atom is -0.361 e. The number of rotatable bonds is 5. The van der Waals surface area contributed by atoms with E-state index >= 15 is 0 Å². The lowest BCUT2D eigenvalue weighted by Gasteiger charge is -2.06. The normalized spacial score (nSPS) is 11.5. The van der Waals surface area contributed by atoms with Crippen LogP contribution in [0, 0.1) is 11.3 Å². The number of allylic oxidation sites excluding steroid dienone is 1. The van der Waals surface area contributed by atoms with E-state index in [0.29, 0.717) is 5.57 Å². The molecular formula is C23H16BrN3S. The Kier molecular flexibility index (Phi) is 5.61.